The summed E-state index contributed by atoms with van der Waals surface area (Å²) < 4.78 is 0. The van der Waals surface area contributed by atoms with Gasteiger partial charge in [-0.2, -0.15) is 0 Å². The van der Waals surface area contributed by atoms with E-state index in [0.717, 1.165) is 17.7 Å². The van der Waals surface area contributed by atoms with E-state index >= 15 is 0 Å². The van der Waals surface area contributed by atoms with E-state index in [-0.39, 0.29) is 11.8 Å². The summed E-state index contributed by atoms with van der Waals surface area (Å²) in [5.41, 5.74) is 7.63. The van der Waals surface area contributed by atoms with Crippen LogP contribution in [0.4, 0.5) is 0 Å². The topological polar surface area (TPSA) is 68.0 Å². The lowest BCUT2D eigenvalue weighted by Crippen LogP contribution is -2.34. The Balaban J connectivity index is 1.87. The maximum Gasteiger partial charge on any atom is 0.228 e. The molecule has 4 nitrogen and oxygen atoms in total. The molecule has 1 heterocycles. The molecule has 0 bridgehead atoms. The quantitative estimate of drug-likeness (QED) is 0.834. The molecule has 0 aliphatic heterocycles. The molecule has 4 heteroatoms. The van der Waals surface area contributed by atoms with E-state index in [1.807, 2.05) is 48.5 Å². The number of amides is 1. The number of nitrogens with one attached hydrogen (secondary N) is 1. The van der Waals surface area contributed by atoms with Crippen LogP contribution in [0.2, 0.25) is 0 Å². The zero-order valence-electron chi connectivity index (χ0n) is 11.3. The van der Waals surface area contributed by atoms with Gasteiger partial charge in [-0.25, -0.2) is 0 Å². The summed E-state index contributed by atoms with van der Waals surface area (Å²) >= 11 is 0. The molecule has 1 unspecified atom stereocenters. The summed E-state index contributed by atoms with van der Waals surface area (Å²) in [6.45, 7) is 0.874. The number of nitrogens with two attached hydrogens (primary N) is 1. The van der Waals surface area contributed by atoms with Crippen LogP contribution in [0, 0.1) is 0 Å². The van der Waals surface area contributed by atoms with Crippen LogP contribution < -0.4 is 11.1 Å². The van der Waals surface area contributed by atoms with Crippen LogP contribution in [0.3, 0.4) is 0 Å². The Kier molecular flexibility index (Phi) is 5.26. The zero-order chi connectivity index (χ0) is 14.2. The first-order chi connectivity index (χ1) is 9.81. The second-order valence-corrected chi connectivity index (χ2v) is 4.56. The molecule has 1 aromatic carbocycles. The fourth-order valence-electron chi connectivity index (χ4n) is 2.06. The van der Waals surface area contributed by atoms with E-state index < -0.39 is 0 Å². The fraction of sp³-hybridized carbons (Fsp3) is 0.250. The SMILES string of the molecule is NCC(C(=O)NCCc1ccccn1)c1ccccc1. The summed E-state index contributed by atoms with van der Waals surface area (Å²) in [7, 11) is 0. The van der Waals surface area contributed by atoms with Gasteiger partial charge in [-0.15, -0.1) is 0 Å². The largest absolute Gasteiger partial charge is 0.355 e. The van der Waals surface area contributed by atoms with E-state index in [9.17, 15) is 4.79 Å². The molecule has 1 aromatic heterocycles. The minimum absolute atomic E-state index is 0.0327. The number of pyridine rings is 1. The molecule has 0 spiro atoms. The maximum absolute atomic E-state index is 12.2. The van der Waals surface area contributed by atoms with E-state index in [1.165, 1.54) is 0 Å². The molecule has 2 rings (SSSR count). The Morgan fingerprint density at radius 2 is 1.90 bits per heavy atom. The number of rotatable bonds is 6. The predicted octanol–water partition coefficient (Wildman–Crippen LogP) is 1.48. The fourth-order valence-corrected chi connectivity index (χ4v) is 2.06. The van der Waals surface area contributed by atoms with E-state index in [1.54, 1.807) is 6.20 Å². The third kappa shape index (κ3) is 3.90. The molecule has 0 radical (unpaired) electrons. The van der Waals surface area contributed by atoms with Crippen molar-refractivity contribution in [2.24, 2.45) is 5.73 Å². The van der Waals surface area contributed by atoms with Gasteiger partial charge >= 0.3 is 0 Å². The van der Waals surface area contributed by atoms with Crippen LogP contribution in [0.25, 0.3) is 0 Å². The summed E-state index contributed by atoms with van der Waals surface area (Å²) in [6.07, 6.45) is 2.47. The van der Waals surface area contributed by atoms with E-state index in [0.29, 0.717) is 13.1 Å². The third-order valence-corrected chi connectivity index (χ3v) is 3.16. The van der Waals surface area contributed by atoms with Crippen molar-refractivity contribution in [1.82, 2.24) is 10.3 Å². The van der Waals surface area contributed by atoms with Gasteiger partial charge in [0.2, 0.25) is 5.91 Å². The molecule has 1 amide bonds. The van der Waals surface area contributed by atoms with Gasteiger partial charge < -0.3 is 11.1 Å². The lowest BCUT2D eigenvalue weighted by Gasteiger charge is -2.15. The minimum atomic E-state index is -0.292. The van der Waals surface area contributed by atoms with Crippen LogP contribution in [-0.2, 0) is 11.2 Å². The summed E-state index contributed by atoms with van der Waals surface area (Å²) in [5, 5.41) is 2.92. The van der Waals surface area contributed by atoms with Gasteiger partial charge in [0.15, 0.2) is 0 Å². The second kappa shape index (κ2) is 7.40. The molecular weight excluding hydrogens is 250 g/mol. The highest BCUT2D eigenvalue weighted by atomic mass is 16.1. The lowest BCUT2D eigenvalue weighted by atomic mass is 9.98. The molecular formula is C16H19N3O. The van der Waals surface area contributed by atoms with Crippen LogP contribution in [0.15, 0.2) is 54.7 Å². The molecule has 20 heavy (non-hydrogen) atoms. The summed E-state index contributed by atoms with van der Waals surface area (Å²) in [4.78, 5) is 16.4. The minimum Gasteiger partial charge on any atom is -0.355 e. The lowest BCUT2D eigenvalue weighted by molar-refractivity contribution is -0.122. The molecule has 1 atom stereocenters. The van der Waals surface area contributed by atoms with Gasteiger partial charge in [0.05, 0.1) is 5.92 Å². The van der Waals surface area contributed by atoms with Crippen molar-refractivity contribution in [2.75, 3.05) is 13.1 Å². The molecule has 3 N–H and O–H groups in total. The Labute approximate surface area is 119 Å². The number of hydrogen-bond acceptors (Lipinski definition) is 3. The first-order valence-electron chi connectivity index (χ1n) is 6.74. The first kappa shape index (κ1) is 14.2. The molecule has 104 valence electrons. The van der Waals surface area contributed by atoms with Gasteiger partial charge in [0.25, 0.3) is 0 Å². The van der Waals surface area contributed by atoms with E-state index in [2.05, 4.69) is 10.3 Å². The third-order valence-electron chi connectivity index (χ3n) is 3.16. The Bertz CT molecular complexity index is 528. The summed E-state index contributed by atoms with van der Waals surface area (Å²) in [6, 6.07) is 15.4. The number of carbonyl (C=O) groups is 1. The highest BCUT2D eigenvalue weighted by Gasteiger charge is 2.17. The highest BCUT2D eigenvalue weighted by Crippen LogP contribution is 2.13. The standard InChI is InChI=1S/C16H19N3O/c17-12-15(13-6-2-1-3-7-13)16(20)19-11-9-14-8-4-5-10-18-14/h1-8,10,15H,9,11-12,17H2,(H,19,20). The summed E-state index contributed by atoms with van der Waals surface area (Å²) in [5.74, 6) is -0.324. The van der Waals surface area contributed by atoms with Crippen molar-refractivity contribution in [2.45, 2.75) is 12.3 Å². The van der Waals surface area contributed by atoms with Crippen molar-refractivity contribution in [3.63, 3.8) is 0 Å². The monoisotopic (exact) mass is 269 g/mol. The molecule has 0 saturated carbocycles. The second-order valence-electron chi connectivity index (χ2n) is 4.56. The van der Waals surface area contributed by atoms with Gasteiger partial charge in [0.1, 0.15) is 0 Å². The van der Waals surface area contributed by atoms with Gasteiger partial charge in [-0.1, -0.05) is 36.4 Å². The predicted molar refractivity (Wildman–Crippen MR) is 79.2 cm³/mol. The van der Waals surface area contributed by atoms with Crippen molar-refractivity contribution >= 4 is 5.91 Å². The molecule has 0 aliphatic rings. The van der Waals surface area contributed by atoms with Gasteiger partial charge in [-0.05, 0) is 17.7 Å². The van der Waals surface area contributed by atoms with E-state index in [4.69, 9.17) is 5.73 Å². The van der Waals surface area contributed by atoms with Crippen LogP contribution in [-0.4, -0.2) is 24.0 Å². The van der Waals surface area contributed by atoms with Gasteiger partial charge in [0, 0.05) is 31.4 Å². The van der Waals surface area contributed by atoms with Crippen LogP contribution in [0.5, 0.6) is 0 Å². The Morgan fingerprint density at radius 1 is 1.15 bits per heavy atom. The molecule has 0 aliphatic carbocycles. The van der Waals surface area contributed by atoms with Crippen LogP contribution >= 0.6 is 0 Å². The number of nitrogens with zero attached hydrogens (tertiary/aromatic N) is 1. The van der Waals surface area contributed by atoms with Crippen molar-refractivity contribution in [3.8, 4) is 0 Å². The highest BCUT2D eigenvalue weighted by molar-refractivity contribution is 5.83. The maximum atomic E-state index is 12.2. The zero-order valence-corrected chi connectivity index (χ0v) is 11.3. The Hall–Kier alpha value is -2.20. The smallest absolute Gasteiger partial charge is 0.228 e. The number of benzene rings is 1. The normalized spacial score (nSPS) is 11.8. The van der Waals surface area contributed by atoms with Gasteiger partial charge in [-0.3, -0.25) is 9.78 Å². The number of aromatic nitrogens is 1. The van der Waals surface area contributed by atoms with Crippen molar-refractivity contribution in [1.29, 1.82) is 0 Å². The first-order valence-corrected chi connectivity index (χ1v) is 6.74. The Morgan fingerprint density at radius 3 is 2.55 bits per heavy atom. The molecule has 2 aromatic rings. The average molecular weight is 269 g/mol. The number of hydrogen-bond donors (Lipinski definition) is 2. The van der Waals surface area contributed by atoms with Crippen molar-refractivity contribution in [3.05, 3.63) is 66.0 Å². The van der Waals surface area contributed by atoms with Crippen molar-refractivity contribution < 1.29 is 4.79 Å². The molecule has 0 saturated heterocycles. The average Bonchev–Trinajstić information content (AvgIpc) is 2.50. The molecule has 0 fully saturated rings. The number of carbonyl (C=O) groups excluding carboxylic acids is 1. The van der Waals surface area contributed by atoms with Crippen LogP contribution in [0.1, 0.15) is 17.2 Å².